The molecule has 0 spiro atoms. The number of aromatic nitrogens is 3. The fourth-order valence-electron chi connectivity index (χ4n) is 3.39. The maximum atomic E-state index is 5.97. The van der Waals surface area contributed by atoms with Gasteiger partial charge in [-0.1, -0.05) is 0 Å². The van der Waals surface area contributed by atoms with Gasteiger partial charge in [-0.25, -0.2) is 9.97 Å². The zero-order valence-electron chi connectivity index (χ0n) is 16.1. The number of nitrogens with zero attached hydrogens (tertiary/aromatic N) is 4. The molecule has 4 rings (SSSR count). The Bertz CT molecular complexity index is 978. The summed E-state index contributed by atoms with van der Waals surface area (Å²) in [5, 5.41) is 0. The van der Waals surface area contributed by atoms with E-state index in [-0.39, 0.29) is 5.82 Å². The summed E-state index contributed by atoms with van der Waals surface area (Å²) < 4.78 is 11.4. The molecule has 1 aliphatic heterocycles. The highest BCUT2D eigenvalue weighted by atomic mass is 16.5. The summed E-state index contributed by atoms with van der Waals surface area (Å²) in [7, 11) is 3.83. The van der Waals surface area contributed by atoms with Crippen LogP contribution in [0.3, 0.4) is 0 Å². The summed E-state index contributed by atoms with van der Waals surface area (Å²) in [5.74, 6) is 1.48. The van der Waals surface area contributed by atoms with Crippen LogP contribution in [0.2, 0.25) is 0 Å². The highest BCUT2D eigenvalue weighted by Crippen LogP contribution is 2.34. The predicted octanol–water partition coefficient (Wildman–Crippen LogP) is 2.70. The van der Waals surface area contributed by atoms with Crippen LogP contribution >= 0.6 is 0 Å². The average Bonchev–Trinajstić information content (AvgIpc) is 2.72. The van der Waals surface area contributed by atoms with Crippen molar-refractivity contribution in [3.63, 3.8) is 0 Å². The molecule has 0 fully saturated rings. The van der Waals surface area contributed by atoms with Crippen molar-refractivity contribution < 1.29 is 9.47 Å². The van der Waals surface area contributed by atoms with Crippen LogP contribution in [0.1, 0.15) is 16.7 Å². The number of ether oxygens (including phenoxy) is 2. The zero-order chi connectivity index (χ0) is 19.5. The lowest BCUT2D eigenvalue weighted by Crippen LogP contribution is -2.26. The van der Waals surface area contributed by atoms with Gasteiger partial charge in [-0.15, -0.1) is 0 Å². The molecule has 7 nitrogen and oxygen atoms in total. The van der Waals surface area contributed by atoms with Gasteiger partial charge >= 0.3 is 0 Å². The third-order valence-electron chi connectivity index (χ3n) is 4.89. The van der Waals surface area contributed by atoms with Crippen LogP contribution in [0.25, 0.3) is 11.3 Å². The number of rotatable bonds is 5. The largest absolute Gasteiger partial charge is 0.496 e. The van der Waals surface area contributed by atoms with Gasteiger partial charge in [0.2, 0.25) is 0 Å². The van der Waals surface area contributed by atoms with Crippen molar-refractivity contribution in [3.05, 3.63) is 59.5 Å². The predicted molar refractivity (Wildman–Crippen MR) is 107 cm³/mol. The summed E-state index contributed by atoms with van der Waals surface area (Å²) in [5.41, 5.74) is 11.1. The zero-order valence-corrected chi connectivity index (χ0v) is 16.1. The maximum absolute atomic E-state index is 5.97. The number of nitrogen functional groups attached to an aromatic ring is 1. The Hall–Kier alpha value is -3.19. The summed E-state index contributed by atoms with van der Waals surface area (Å²) in [4.78, 5) is 15.2. The monoisotopic (exact) mass is 377 g/mol. The molecule has 3 heterocycles. The van der Waals surface area contributed by atoms with Crippen LogP contribution in [-0.2, 0) is 19.6 Å². The Balaban J connectivity index is 1.65. The van der Waals surface area contributed by atoms with Gasteiger partial charge in [-0.05, 0) is 54.4 Å². The minimum Gasteiger partial charge on any atom is -0.496 e. The Kier molecular flexibility index (Phi) is 5.08. The Morgan fingerprint density at radius 2 is 2.04 bits per heavy atom. The van der Waals surface area contributed by atoms with Gasteiger partial charge in [-0.2, -0.15) is 0 Å². The van der Waals surface area contributed by atoms with E-state index < -0.39 is 0 Å². The van der Waals surface area contributed by atoms with Gasteiger partial charge in [0.05, 0.1) is 19.0 Å². The molecule has 7 heteroatoms. The number of fused-ring (bicyclic) bond motifs is 1. The molecule has 2 N–H and O–H groups in total. The van der Waals surface area contributed by atoms with E-state index in [1.54, 1.807) is 25.7 Å². The van der Waals surface area contributed by atoms with Crippen molar-refractivity contribution in [3.8, 4) is 22.9 Å². The van der Waals surface area contributed by atoms with Gasteiger partial charge in [0.1, 0.15) is 12.4 Å². The SMILES string of the molecule is COc1cc(-c2cnc(N)c(OCc3ccncc3)n2)cc2c1CCN(C)C2. The van der Waals surface area contributed by atoms with E-state index in [2.05, 4.69) is 33.0 Å². The van der Waals surface area contributed by atoms with E-state index in [1.807, 2.05) is 18.2 Å². The van der Waals surface area contributed by atoms with Gasteiger partial charge in [0.15, 0.2) is 5.82 Å². The molecule has 144 valence electrons. The minimum atomic E-state index is 0.266. The lowest BCUT2D eigenvalue weighted by molar-refractivity contribution is 0.295. The Labute approximate surface area is 164 Å². The fraction of sp³-hybridized carbons (Fsp3) is 0.286. The van der Waals surface area contributed by atoms with Crippen LogP contribution in [0, 0.1) is 0 Å². The molecule has 0 saturated heterocycles. The van der Waals surface area contributed by atoms with E-state index in [9.17, 15) is 0 Å². The van der Waals surface area contributed by atoms with Crippen molar-refractivity contribution in [2.45, 2.75) is 19.6 Å². The Morgan fingerprint density at radius 1 is 1.21 bits per heavy atom. The summed E-state index contributed by atoms with van der Waals surface area (Å²) in [6.07, 6.45) is 6.09. The van der Waals surface area contributed by atoms with Crippen LogP contribution in [0.15, 0.2) is 42.9 Å². The molecule has 2 aromatic heterocycles. The molecule has 0 bridgehead atoms. The fourth-order valence-corrected chi connectivity index (χ4v) is 3.39. The number of anilines is 1. The first-order valence-corrected chi connectivity index (χ1v) is 9.17. The van der Waals surface area contributed by atoms with Crippen molar-refractivity contribution in [1.29, 1.82) is 0 Å². The highest BCUT2D eigenvalue weighted by molar-refractivity contribution is 5.66. The number of hydrogen-bond donors (Lipinski definition) is 1. The van der Waals surface area contributed by atoms with Gasteiger partial charge in [-0.3, -0.25) is 4.98 Å². The average molecular weight is 377 g/mol. The first-order chi connectivity index (χ1) is 13.6. The van der Waals surface area contributed by atoms with Crippen LogP contribution in [0.4, 0.5) is 5.82 Å². The second kappa shape index (κ2) is 7.82. The first-order valence-electron chi connectivity index (χ1n) is 9.17. The van der Waals surface area contributed by atoms with Gasteiger partial charge in [0, 0.05) is 31.0 Å². The number of pyridine rings is 1. The second-order valence-corrected chi connectivity index (χ2v) is 6.89. The number of nitrogens with two attached hydrogens (primary N) is 1. The molecule has 0 aliphatic carbocycles. The number of benzene rings is 1. The van der Waals surface area contributed by atoms with Crippen LogP contribution in [0.5, 0.6) is 11.6 Å². The van der Waals surface area contributed by atoms with Crippen molar-refractivity contribution >= 4 is 5.82 Å². The molecule has 0 saturated carbocycles. The third-order valence-corrected chi connectivity index (χ3v) is 4.89. The summed E-state index contributed by atoms with van der Waals surface area (Å²) in [6, 6.07) is 7.94. The number of likely N-dealkylation sites (N-methyl/N-ethyl adjacent to an activating group) is 1. The maximum Gasteiger partial charge on any atom is 0.258 e. The van der Waals surface area contributed by atoms with E-state index in [4.69, 9.17) is 15.2 Å². The Morgan fingerprint density at radius 3 is 2.82 bits per heavy atom. The normalized spacial score (nSPS) is 13.8. The molecule has 0 amide bonds. The summed E-state index contributed by atoms with van der Waals surface area (Å²) in [6.45, 7) is 2.26. The number of methoxy groups -OCH3 is 1. The molecule has 1 aliphatic rings. The van der Waals surface area contributed by atoms with Gasteiger partial charge < -0.3 is 20.1 Å². The highest BCUT2D eigenvalue weighted by Gasteiger charge is 2.19. The van der Waals surface area contributed by atoms with Crippen LogP contribution < -0.4 is 15.2 Å². The van der Waals surface area contributed by atoms with E-state index in [1.165, 1.54) is 11.1 Å². The molecular formula is C21H23N5O2. The lowest BCUT2D eigenvalue weighted by Gasteiger charge is -2.27. The van der Waals surface area contributed by atoms with Gasteiger partial charge in [0.25, 0.3) is 5.88 Å². The van der Waals surface area contributed by atoms with Crippen LogP contribution in [-0.4, -0.2) is 40.6 Å². The molecule has 0 radical (unpaired) electrons. The molecule has 1 aromatic carbocycles. The van der Waals surface area contributed by atoms with E-state index in [0.29, 0.717) is 18.2 Å². The molecule has 28 heavy (non-hydrogen) atoms. The second-order valence-electron chi connectivity index (χ2n) is 6.89. The topological polar surface area (TPSA) is 86.4 Å². The third kappa shape index (κ3) is 3.75. The molecule has 0 unspecified atom stereocenters. The minimum absolute atomic E-state index is 0.266. The first kappa shape index (κ1) is 18.2. The molecular weight excluding hydrogens is 354 g/mol. The summed E-state index contributed by atoms with van der Waals surface area (Å²) >= 11 is 0. The molecule has 3 aromatic rings. The standard InChI is InChI=1S/C21H23N5O2/c1-26-8-5-17-16(12-26)9-15(10-19(17)27-2)18-11-24-20(22)21(25-18)28-13-14-3-6-23-7-4-14/h3-4,6-7,9-11H,5,8,12-13H2,1-2H3,(H2,22,24). The number of hydrogen-bond acceptors (Lipinski definition) is 7. The quantitative estimate of drug-likeness (QED) is 0.731. The van der Waals surface area contributed by atoms with Crippen molar-refractivity contribution in [2.75, 3.05) is 26.4 Å². The molecule has 0 atom stereocenters. The van der Waals surface area contributed by atoms with Crippen molar-refractivity contribution in [1.82, 2.24) is 19.9 Å². The smallest absolute Gasteiger partial charge is 0.258 e. The lowest BCUT2D eigenvalue weighted by atomic mass is 9.95. The van der Waals surface area contributed by atoms with E-state index in [0.717, 1.165) is 36.4 Å². The van der Waals surface area contributed by atoms with Crippen molar-refractivity contribution in [2.24, 2.45) is 0 Å². The van der Waals surface area contributed by atoms with E-state index >= 15 is 0 Å².